The van der Waals surface area contributed by atoms with Crippen LogP contribution in [0.15, 0.2) is 24.3 Å². The molecule has 1 unspecified atom stereocenters. The van der Waals surface area contributed by atoms with E-state index in [0.717, 1.165) is 25.7 Å². The van der Waals surface area contributed by atoms with E-state index in [1.54, 1.807) is 6.07 Å². The Morgan fingerprint density at radius 1 is 1.37 bits per heavy atom. The van der Waals surface area contributed by atoms with Crippen LogP contribution in [-0.4, -0.2) is 37.3 Å². The number of hydrogen-bond acceptors (Lipinski definition) is 3. The van der Waals surface area contributed by atoms with E-state index in [1.807, 2.05) is 11.8 Å². The third kappa shape index (κ3) is 3.39. The second kappa shape index (κ2) is 5.79. The number of rotatable bonds is 3. The fourth-order valence-corrected chi connectivity index (χ4v) is 2.15. The van der Waals surface area contributed by atoms with Gasteiger partial charge in [-0.1, -0.05) is 19.1 Å². The van der Waals surface area contributed by atoms with Crippen LogP contribution in [-0.2, 0) is 6.18 Å². The second-order valence-corrected chi connectivity index (χ2v) is 4.40. The summed E-state index contributed by atoms with van der Waals surface area (Å²) in [5.74, 6) is -0.109. The number of ether oxygens (including phenoxy) is 1. The van der Waals surface area contributed by atoms with Crippen molar-refractivity contribution in [2.75, 3.05) is 26.2 Å². The Balaban J connectivity index is 2.18. The first-order valence-corrected chi connectivity index (χ1v) is 6.30. The molecule has 1 aliphatic rings. The molecule has 0 aromatic heterocycles. The zero-order valence-corrected chi connectivity index (χ0v) is 10.7. The van der Waals surface area contributed by atoms with Gasteiger partial charge in [0.15, 0.2) is 6.23 Å². The lowest BCUT2D eigenvalue weighted by Gasteiger charge is -2.35. The van der Waals surface area contributed by atoms with Gasteiger partial charge in [-0.2, -0.15) is 13.2 Å². The number of hydrogen-bond donors (Lipinski definition) is 1. The fraction of sp³-hybridized carbons (Fsp3) is 0.538. The minimum Gasteiger partial charge on any atom is -0.473 e. The average Bonchev–Trinajstić information content (AvgIpc) is 2.39. The van der Waals surface area contributed by atoms with Gasteiger partial charge in [-0.25, -0.2) is 0 Å². The number of alkyl halides is 3. The van der Waals surface area contributed by atoms with Crippen LogP contribution < -0.4 is 10.1 Å². The normalized spacial score (nSPS) is 21.4. The summed E-state index contributed by atoms with van der Waals surface area (Å²) in [5.41, 5.74) is -0.725. The first-order chi connectivity index (χ1) is 9.02. The van der Waals surface area contributed by atoms with Crippen molar-refractivity contribution in [3.63, 3.8) is 0 Å². The summed E-state index contributed by atoms with van der Waals surface area (Å²) in [6.07, 6.45) is -4.75. The van der Waals surface area contributed by atoms with Crippen LogP contribution in [0, 0.1) is 0 Å². The third-order valence-corrected chi connectivity index (χ3v) is 3.16. The maximum absolute atomic E-state index is 12.9. The Bertz CT molecular complexity index is 423. The molecule has 1 aromatic rings. The molecular formula is C13H17F3N2O. The maximum Gasteiger partial charge on any atom is 0.419 e. The van der Waals surface area contributed by atoms with E-state index in [1.165, 1.54) is 12.1 Å². The molecule has 3 nitrogen and oxygen atoms in total. The van der Waals surface area contributed by atoms with Crippen LogP contribution >= 0.6 is 0 Å². The van der Waals surface area contributed by atoms with Gasteiger partial charge < -0.3 is 10.1 Å². The van der Waals surface area contributed by atoms with E-state index >= 15 is 0 Å². The van der Waals surface area contributed by atoms with Crippen molar-refractivity contribution < 1.29 is 17.9 Å². The van der Waals surface area contributed by atoms with Gasteiger partial charge >= 0.3 is 6.18 Å². The summed E-state index contributed by atoms with van der Waals surface area (Å²) in [5, 5.41) is 3.13. The minimum atomic E-state index is -4.39. The Hall–Kier alpha value is -1.27. The van der Waals surface area contributed by atoms with Gasteiger partial charge in [0, 0.05) is 19.6 Å². The summed E-state index contributed by atoms with van der Waals surface area (Å²) in [7, 11) is 0. The van der Waals surface area contributed by atoms with Crippen molar-refractivity contribution >= 4 is 0 Å². The van der Waals surface area contributed by atoms with Crippen LogP contribution in [0.3, 0.4) is 0 Å². The molecular weight excluding hydrogens is 257 g/mol. The fourth-order valence-electron chi connectivity index (χ4n) is 2.15. The highest BCUT2D eigenvalue weighted by atomic mass is 19.4. The predicted molar refractivity (Wildman–Crippen MR) is 66.0 cm³/mol. The largest absolute Gasteiger partial charge is 0.473 e. The van der Waals surface area contributed by atoms with Crippen molar-refractivity contribution in [3.05, 3.63) is 29.8 Å². The van der Waals surface area contributed by atoms with Crippen LogP contribution in [0.4, 0.5) is 13.2 Å². The number of piperazine rings is 1. The van der Waals surface area contributed by atoms with Crippen LogP contribution in [0.2, 0.25) is 0 Å². The van der Waals surface area contributed by atoms with Gasteiger partial charge in [-0.3, -0.25) is 4.90 Å². The first kappa shape index (κ1) is 14.1. The lowest BCUT2D eigenvalue weighted by Crippen LogP contribution is -2.53. The Morgan fingerprint density at radius 2 is 2.11 bits per heavy atom. The van der Waals surface area contributed by atoms with Gasteiger partial charge in [-0.05, 0) is 18.7 Å². The molecule has 19 heavy (non-hydrogen) atoms. The molecule has 0 bridgehead atoms. The van der Waals surface area contributed by atoms with Gasteiger partial charge in [0.05, 0.1) is 5.56 Å². The van der Waals surface area contributed by atoms with Gasteiger partial charge in [0.25, 0.3) is 0 Å². The summed E-state index contributed by atoms with van der Waals surface area (Å²) < 4.78 is 44.2. The molecule has 0 amide bonds. The van der Waals surface area contributed by atoms with Crippen molar-refractivity contribution in [2.24, 2.45) is 0 Å². The molecule has 6 heteroatoms. The SMILES string of the molecule is CCN1CCNCC1Oc1ccccc1C(F)(F)F. The second-order valence-electron chi connectivity index (χ2n) is 4.40. The number of benzene rings is 1. The van der Waals surface area contributed by atoms with E-state index < -0.39 is 11.7 Å². The minimum absolute atomic E-state index is 0.109. The molecule has 0 radical (unpaired) electrons. The topological polar surface area (TPSA) is 24.5 Å². The molecule has 1 heterocycles. The number of nitrogens with one attached hydrogen (secondary N) is 1. The number of para-hydroxylation sites is 1. The quantitative estimate of drug-likeness (QED) is 0.915. The smallest absolute Gasteiger partial charge is 0.419 e. The summed E-state index contributed by atoms with van der Waals surface area (Å²) >= 11 is 0. The zero-order valence-electron chi connectivity index (χ0n) is 10.7. The number of likely N-dealkylation sites (N-methyl/N-ethyl adjacent to an activating group) is 1. The molecule has 1 aliphatic heterocycles. The standard InChI is InChI=1S/C13H17F3N2O/c1-2-18-8-7-17-9-12(18)19-11-6-4-3-5-10(11)13(14,15)16/h3-6,12,17H,2,7-9H2,1H3. The molecule has 106 valence electrons. The predicted octanol–water partition coefficient (Wildman–Crippen LogP) is 2.34. The lowest BCUT2D eigenvalue weighted by molar-refractivity contribution is -0.140. The van der Waals surface area contributed by atoms with Crippen LogP contribution in [0.1, 0.15) is 12.5 Å². The maximum atomic E-state index is 12.9. The van der Waals surface area contributed by atoms with E-state index in [-0.39, 0.29) is 12.0 Å². The first-order valence-electron chi connectivity index (χ1n) is 6.30. The molecule has 1 fully saturated rings. The molecule has 1 saturated heterocycles. The van der Waals surface area contributed by atoms with E-state index in [9.17, 15) is 13.2 Å². The summed E-state index contributed by atoms with van der Waals surface area (Å²) in [6, 6.07) is 5.33. The Kier molecular flexibility index (Phi) is 4.31. The highest BCUT2D eigenvalue weighted by Crippen LogP contribution is 2.36. The van der Waals surface area contributed by atoms with Crippen molar-refractivity contribution in [1.82, 2.24) is 10.2 Å². The van der Waals surface area contributed by atoms with Crippen molar-refractivity contribution in [2.45, 2.75) is 19.3 Å². The Morgan fingerprint density at radius 3 is 2.79 bits per heavy atom. The van der Waals surface area contributed by atoms with Gasteiger partial charge in [0.2, 0.25) is 0 Å². The van der Waals surface area contributed by atoms with Crippen LogP contribution in [0.25, 0.3) is 0 Å². The summed E-state index contributed by atoms with van der Waals surface area (Å²) in [6.45, 7) is 4.85. The molecule has 0 saturated carbocycles. The number of nitrogens with zero attached hydrogens (tertiary/aromatic N) is 1. The lowest BCUT2D eigenvalue weighted by atomic mass is 10.2. The third-order valence-electron chi connectivity index (χ3n) is 3.16. The Labute approximate surface area is 110 Å². The highest BCUT2D eigenvalue weighted by molar-refractivity contribution is 5.35. The van der Waals surface area contributed by atoms with E-state index in [2.05, 4.69) is 5.32 Å². The molecule has 2 rings (SSSR count). The number of halogens is 3. The van der Waals surface area contributed by atoms with E-state index in [4.69, 9.17) is 4.74 Å². The van der Waals surface area contributed by atoms with Crippen LogP contribution in [0.5, 0.6) is 5.75 Å². The molecule has 1 aromatic carbocycles. The average molecular weight is 274 g/mol. The molecule has 1 atom stereocenters. The van der Waals surface area contributed by atoms with Crippen molar-refractivity contribution in [1.29, 1.82) is 0 Å². The van der Waals surface area contributed by atoms with Gasteiger partial charge in [-0.15, -0.1) is 0 Å². The molecule has 0 aliphatic carbocycles. The summed E-state index contributed by atoms with van der Waals surface area (Å²) in [4.78, 5) is 2.02. The molecule has 1 N–H and O–H groups in total. The highest BCUT2D eigenvalue weighted by Gasteiger charge is 2.35. The van der Waals surface area contributed by atoms with Gasteiger partial charge in [0.1, 0.15) is 5.75 Å². The zero-order chi connectivity index (χ0) is 13.9. The van der Waals surface area contributed by atoms with Crippen molar-refractivity contribution in [3.8, 4) is 5.75 Å². The van der Waals surface area contributed by atoms with E-state index in [0.29, 0.717) is 6.54 Å². The monoisotopic (exact) mass is 274 g/mol. The molecule has 0 spiro atoms.